The Hall–Kier alpha value is -4.78. The Morgan fingerprint density at radius 1 is 0.937 bits per heavy atom. The number of rotatable bonds is 14. The van der Waals surface area contributed by atoms with Gasteiger partial charge in [0.2, 0.25) is 5.91 Å². The first kappa shape index (κ1) is 44.8. The molecule has 4 aromatic rings. The highest BCUT2D eigenvalue weighted by Gasteiger charge is 2.57. The predicted octanol–water partition coefficient (Wildman–Crippen LogP) is 6.66. The number of carbonyl (C=O) groups is 2. The average molecular weight is 858 g/mol. The number of aliphatic hydroxyl groups excluding tert-OH is 2. The summed E-state index contributed by atoms with van der Waals surface area (Å²) in [6.07, 6.45) is 1.21. The highest BCUT2D eigenvalue weighted by Crippen LogP contribution is 2.61. The van der Waals surface area contributed by atoms with Crippen molar-refractivity contribution in [3.05, 3.63) is 119 Å². The molecule has 0 aromatic heterocycles. The Labute approximate surface area is 373 Å². The molecule has 0 unspecified atom stereocenters. The number of carbonyl (C=O) groups excluding carboxylic acids is 2. The van der Waals surface area contributed by atoms with E-state index in [0.29, 0.717) is 35.6 Å². The molecular weight excluding hydrogens is 791 g/mol. The Kier molecular flexibility index (Phi) is 13.3. The number of ether oxygens (including phenoxy) is 1. The number of nitrogens with zero attached hydrogens (tertiary/aromatic N) is 4. The maximum atomic E-state index is 14.9. The summed E-state index contributed by atoms with van der Waals surface area (Å²) in [5.41, 5.74) is 6.60. The quantitative estimate of drug-likeness (QED) is 0.128. The second kappa shape index (κ2) is 18.7. The molecule has 9 atom stereocenters. The summed E-state index contributed by atoms with van der Waals surface area (Å²) in [6.45, 7) is 11.4. The molecule has 0 radical (unpaired) electrons. The highest BCUT2D eigenvalue weighted by atomic mass is 16.7. The smallest absolute Gasteiger partial charge is 0.254 e. The fourth-order valence-electron chi connectivity index (χ4n) is 11.4. The van der Waals surface area contributed by atoms with Crippen LogP contribution in [0.25, 0.3) is 11.1 Å². The lowest BCUT2D eigenvalue weighted by Crippen LogP contribution is -2.62. The molecule has 3 saturated carbocycles. The number of hydroxylamine groups is 2. The number of benzene rings is 4. The number of hydrogen-bond donors (Lipinski definition) is 3. The molecule has 2 amide bonds. The number of amides is 2. The molecule has 3 N–H and O–H groups in total. The van der Waals surface area contributed by atoms with Crippen molar-refractivity contribution in [3.8, 4) is 16.9 Å². The van der Waals surface area contributed by atoms with E-state index >= 15 is 0 Å². The lowest BCUT2D eigenvalue weighted by Gasteiger charge is -2.62. The molecule has 3 aliphatic carbocycles. The minimum atomic E-state index is -0.906. The summed E-state index contributed by atoms with van der Waals surface area (Å²) in [5.74, 6) is 1.18. The van der Waals surface area contributed by atoms with Gasteiger partial charge < -0.3 is 30.1 Å². The maximum Gasteiger partial charge on any atom is 0.254 e. The number of piperazine rings is 1. The topological polar surface area (TPSA) is 118 Å². The first-order chi connectivity index (χ1) is 30.3. The van der Waals surface area contributed by atoms with Gasteiger partial charge in [0.25, 0.3) is 5.91 Å². The predicted molar refractivity (Wildman–Crippen MR) is 247 cm³/mol. The van der Waals surface area contributed by atoms with Gasteiger partial charge in [-0.15, -0.1) is 0 Å². The Balaban J connectivity index is 1.07. The van der Waals surface area contributed by atoms with Gasteiger partial charge in [0.15, 0.2) is 0 Å². The molecule has 5 fully saturated rings. The molecular formula is C52H67N5O6. The van der Waals surface area contributed by atoms with Crippen LogP contribution in [0, 0.1) is 29.1 Å². The van der Waals surface area contributed by atoms with Gasteiger partial charge in [-0.2, -0.15) is 5.06 Å². The van der Waals surface area contributed by atoms with Crippen molar-refractivity contribution in [1.29, 1.82) is 0 Å². The van der Waals surface area contributed by atoms with E-state index in [2.05, 4.69) is 90.5 Å². The summed E-state index contributed by atoms with van der Waals surface area (Å²) < 4.78 is 6.20. The van der Waals surface area contributed by atoms with Crippen LogP contribution in [0.15, 0.2) is 97.1 Å². The van der Waals surface area contributed by atoms with Crippen LogP contribution < -0.4 is 15.0 Å². The summed E-state index contributed by atoms with van der Waals surface area (Å²) >= 11 is 0. The van der Waals surface area contributed by atoms with E-state index in [1.54, 1.807) is 19.1 Å². The van der Waals surface area contributed by atoms with E-state index < -0.39 is 24.2 Å². The normalized spacial score (nSPS) is 27.3. The monoisotopic (exact) mass is 858 g/mol. The first-order valence-corrected chi connectivity index (χ1v) is 22.9. The number of methoxy groups -OCH3 is 1. The van der Waals surface area contributed by atoms with Crippen molar-refractivity contribution >= 4 is 17.5 Å². The zero-order valence-electron chi connectivity index (χ0n) is 38.1. The molecule has 2 aliphatic heterocycles. The van der Waals surface area contributed by atoms with Crippen LogP contribution in [0.1, 0.15) is 67.6 Å². The number of nitrogens with one attached hydrogen (secondary N) is 1. The van der Waals surface area contributed by atoms with Crippen molar-refractivity contribution in [2.24, 2.45) is 29.1 Å². The molecule has 2 bridgehead atoms. The third-order valence-corrected chi connectivity index (χ3v) is 15.1. The number of aliphatic hydroxyl groups is 2. The number of fused-ring (bicyclic) bond motifs is 2. The van der Waals surface area contributed by atoms with Gasteiger partial charge in [-0.3, -0.25) is 19.3 Å². The zero-order chi connectivity index (χ0) is 44.6. The summed E-state index contributed by atoms with van der Waals surface area (Å²) in [7, 11) is 5.59. The minimum Gasteiger partial charge on any atom is -0.496 e. The Morgan fingerprint density at radius 2 is 1.65 bits per heavy atom. The third-order valence-electron chi connectivity index (χ3n) is 15.1. The van der Waals surface area contributed by atoms with Gasteiger partial charge in [-0.05, 0) is 84.2 Å². The number of hydrogen-bond acceptors (Lipinski definition) is 9. The summed E-state index contributed by atoms with van der Waals surface area (Å²) in [4.78, 5) is 42.2. The van der Waals surface area contributed by atoms with Crippen molar-refractivity contribution in [2.45, 2.75) is 90.4 Å². The second-order valence-corrected chi connectivity index (χ2v) is 19.5. The third kappa shape index (κ3) is 9.13. The Morgan fingerprint density at radius 3 is 2.29 bits per heavy atom. The van der Waals surface area contributed by atoms with Crippen LogP contribution in [0.4, 0.5) is 5.69 Å². The van der Waals surface area contributed by atoms with E-state index in [4.69, 9.17) is 9.57 Å². The minimum absolute atomic E-state index is 0.0120. The average Bonchev–Trinajstić information content (AvgIpc) is 3.66. The molecule has 2 heterocycles. The van der Waals surface area contributed by atoms with Crippen molar-refractivity contribution < 1.29 is 29.4 Å². The Bertz CT molecular complexity index is 2220. The van der Waals surface area contributed by atoms with Gasteiger partial charge in [0.1, 0.15) is 17.9 Å². The van der Waals surface area contributed by atoms with Crippen LogP contribution in [0.2, 0.25) is 0 Å². The SMILES string of the molecule is COc1c(CN2O[C@@H](CO)[C@@H]([C@H](C)O)[C@H]2C(=O)N[C@H]2C[C@@H]3C[C@H]([C@@H]2C)C3(C)C)cccc1-c1cc(C(=O)N2CCN(Cc3ccccc3)C[C@@H]2Cc2ccccc2)cc(N(C)C)c1. The molecule has 2 saturated heterocycles. The van der Waals surface area contributed by atoms with E-state index in [-0.39, 0.29) is 42.5 Å². The van der Waals surface area contributed by atoms with Gasteiger partial charge >= 0.3 is 0 Å². The van der Waals surface area contributed by atoms with Crippen LogP contribution in [0.3, 0.4) is 0 Å². The van der Waals surface area contributed by atoms with Crippen molar-refractivity contribution in [2.75, 3.05) is 52.3 Å². The van der Waals surface area contributed by atoms with Crippen LogP contribution in [0.5, 0.6) is 5.75 Å². The van der Waals surface area contributed by atoms with Crippen LogP contribution >= 0.6 is 0 Å². The van der Waals surface area contributed by atoms with Gasteiger partial charge in [0.05, 0.1) is 26.4 Å². The summed E-state index contributed by atoms with van der Waals surface area (Å²) in [5, 5.41) is 26.5. The van der Waals surface area contributed by atoms with Crippen LogP contribution in [-0.4, -0.2) is 115 Å². The van der Waals surface area contributed by atoms with E-state index in [0.717, 1.165) is 54.9 Å². The van der Waals surface area contributed by atoms with Crippen molar-refractivity contribution in [3.63, 3.8) is 0 Å². The van der Waals surface area contributed by atoms with E-state index in [1.807, 2.05) is 61.5 Å². The summed E-state index contributed by atoms with van der Waals surface area (Å²) in [6, 6.07) is 32.0. The van der Waals surface area contributed by atoms with E-state index in [9.17, 15) is 19.8 Å². The first-order valence-electron chi connectivity index (χ1n) is 22.9. The van der Waals surface area contributed by atoms with Crippen LogP contribution in [-0.2, 0) is 29.1 Å². The standard InChI is InChI=1S/C52H67N5O6/c1-33-44-27-40(52(44,3)4)28-45(33)53-50(60)48-47(34(2)59)46(32-58)63-57(48)30-37-19-14-20-43(49(37)62-7)38-24-39(26-41(25-38)54(5)6)51(61)56-22-21-55(29-36-17-12-9-13-18-36)31-42(56)23-35-15-10-8-11-16-35/h8-20,24-26,33-34,40,42,44-48,58-59H,21-23,27-32H2,1-7H3,(H,53,60)/t33-,34-,40-,42-,44+,45-,46-,47+,48-/m0/s1. The largest absolute Gasteiger partial charge is 0.496 e. The molecule has 4 aromatic carbocycles. The zero-order valence-corrected chi connectivity index (χ0v) is 38.1. The molecule has 63 heavy (non-hydrogen) atoms. The van der Waals surface area contributed by atoms with Gasteiger partial charge in [-0.1, -0.05) is 99.6 Å². The highest BCUT2D eigenvalue weighted by molar-refractivity contribution is 5.97. The number of anilines is 1. The second-order valence-electron chi connectivity index (χ2n) is 19.5. The van der Waals surface area contributed by atoms with Gasteiger partial charge in [-0.25, -0.2) is 0 Å². The molecule has 9 rings (SSSR count). The number of para-hydroxylation sites is 1. The van der Waals surface area contributed by atoms with E-state index in [1.165, 1.54) is 17.5 Å². The fraction of sp³-hybridized carbons (Fsp3) is 0.500. The molecule has 336 valence electrons. The molecule has 11 heteroatoms. The lowest BCUT2D eigenvalue weighted by atomic mass is 9.45. The molecule has 11 nitrogen and oxygen atoms in total. The maximum absolute atomic E-state index is 14.9. The van der Waals surface area contributed by atoms with Gasteiger partial charge in [0, 0.05) is 80.7 Å². The van der Waals surface area contributed by atoms with Crippen molar-refractivity contribution in [1.82, 2.24) is 20.2 Å². The molecule has 0 spiro atoms. The lowest BCUT2D eigenvalue weighted by molar-refractivity contribution is -0.183. The fourth-order valence-corrected chi connectivity index (χ4v) is 11.4. The molecule has 5 aliphatic rings.